The number of hydrogen-bond acceptors (Lipinski definition) is 13. The van der Waals surface area contributed by atoms with Gasteiger partial charge >= 0.3 is 23.1 Å². The van der Waals surface area contributed by atoms with Gasteiger partial charge in [-0.3, -0.25) is 24.4 Å². The molecule has 0 saturated carbocycles. The van der Waals surface area contributed by atoms with Gasteiger partial charge in [0.15, 0.2) is 33.5 Å². The zero-order chi connectivity index (χ0) is 23.6. The molecule has 19 heteroatoms. The normalized spacial score (nSPS) is 11.5. The summed E-state index contributed by atoms with van der Waals surface area (Å²) in [4.78, 5) is 81.9. The lowest BCUT2D eigenvalue weighted by atomic mass is 10.5. The van der Waals surface area contributed by atoms with Crippen molar-refractivity contribution >= 4 is 45.4 Å². The lowest BCUT2D eigenvalue weighted by Crippen LogP contribution is -2.29. The van der Waals surface area contributed by atoms with Gasteiger partial charge in [-0.1, -0.05) is 9.46 Å². The molecule has 0 atom stereocenters. The molecule has 6 aromatic heterocycles. The van der Waals surface area contributed by atoms with Gasteiger partial charge in [0.2, 0.25) is 11.9 Å². The third kappa shape index (κ3) is 2.73. The maximum absolute atomic E-state index is 12.9. The number of nitrogen functional groups attached to an aromatic ring is 2. The lowest BCUT2D eigenvalue weighted by Gasteiger charge is -2.07. The van der Waals surface area contributed by atoms with Crippen molar-refractivity contribution in [2.75, 3.05) is 11.5 Å². The average Bonchev–Trinajstić information content (AvgIpc) is 3.53. The quantitative estimate of drug-likeness (QED) is 0.155. The van der Waals surface area contributed by atoms with Crippen LogP contribution >= 0.6 is 0 Å². The summed E-state index contributed by atoms with van der Waals surface area (Å²) in [5.74, 6) is -0.736. The summed E-state index contributed by atoms with van der Waals surface area (Å²) >= 11 is 0. The number of imidazole rings is 3. The van der Waals surface area contributed by atoms with Crippen LogP contribution < -0.4 is 37.8 Å². The molecule has 6 aromatic rings. The van der Waals surface area contributed by atoms with Gasteiger partial charge in [0.25, 0.3) is 5.56 Å². The molecule has 19 nitrogen and oxygen atoms in total. The van der Waals surface area contributed by atoms with Crippen molar-refractivity contribution in [2.45, 2.75) is 0 Å². The van der Waals surface area contributed by atoms with Gasteiger partial charge in [-0.15, -0.1) is 0 Å². The summed E-state index contributed by atoms with van der Waals surface area (Å²) in [5, 5.41) is 0. The third-order valence-corrected chi connectivity index (χ3v) is 4.57. The predicted molar refractivity (Wildman–Crippen MR) is 112 cm³/mol. The van der Waals surface area contributed by atoms with Crippen LogP contribution in [0.1, 0.15) is 0 Å². The Labute approximate surface area is 182 Å². The minimum Gasteiger partial charge on any atom is -0.367 e. The molecule has 0 aromatic carbocycles. The monoisotopic (exact) mass is 466 g/mol. The first kappa shape index (κ1) is 19.0. The minimum atomic E-state index is -0.850. The van der Waals surface area contributed by atoms with Gasteiger partial charge in [-0.05, 0) is 0 Å². The molecule has 0 fully saturated rings. The van der Waals surface area contributed by atoms with E-state index in [2.05, 4.69) is 49.8 Å². The zero-order valence-electron chi connectivity index (χ0n) is 16.4. The van der Waals surface area contributed by atoms with Gasteiger partial charge < -0.3 is 31.1 Å². The molecule has 8 N–H and O–H groups in total. The number of aromatic amines is 4. The van der Waals surface area contributed by atoms with Crippen LogP contribution in [-0.2, 0) is 0 Å². The summed E-state index contributed by atoms with van der Waals surface area (Å²) in [7, 11) is 0. The maximum atomic E-state index is 12.9. The molecule has 0 aliphatic heterocycles. The Kier molecular flexibility index (Phi) is 3.70. The van der Waals surface area contributed by atoms with Crippen LogP contribution in [0.5, 0.6) is 12.0 Å². The lowest BCUT2D eigenvalue weighted by molar-refractivity contribution is 0.190. The molecular weight excluding hydrogens is 456 g/mol. The highest BCUT2D eigenvalue weighted by molar-refractivity contribution is 5.72. The van der Waals surface area contributed by atoms with Crippen molar-refractivity contribution in [2.24, 2.45) is 0 Å². The number of anilines is 2. The standard InChI is InChI=1S/C15H10N14O5/c16-12-23-7-4(19-2-21-7)10(31)28(12)33-14-22-5-8(26-14)24-13(17)29(11(5)32)34-15-25-6-3(9(30)27-15)18-1-20-6/h1-2H,(H2,16,23)(H2,17,24)(H,19,21)(H,22,26)(H2,18,20,25,27,30). The molecular formula is C15H10N14O5. The van der Waals surface area contributed by atoms with Gasteiger partial charge in [0, 0.05) is 0 Å². The highest BCUT2D eigenvalue weighted by Crippen LogP contribution is 2.14. The fraction of sp³-hybridized carbons (Fsp3) is 0. The number of fused-ring (bicyclic) bond motifs is 3. The Bertz CT molecular complexity index is 1920. The third-order valence-electron chi connectivity index (χ3n) is 4.57. The number of hydrogen-bond donors (Lipinski definition) is 6. The van der Waals surface area contributed by atoms with Gasteiger partial charge in [0.1, 0.15) is 0 Å². The Morgan fingerprint density at radius 2 is 1.21 bits per heavy atom. The Morgan fingerprint density at radius 3 is 1.91 bits per heavy atom. The molecule has 0 amide bonds. The fourth-order valence-corrected chi connectivity index (χ4v) is 3.08. The number of H-pyrrole nitrogens is 4. The smallest absolute Gasteiger partial charge is 0.326 e. The number of nitrogens with one attached hydrogen (secondary N) is 4. The highest BCUT2D eigenvalue weighted by Gasteiger charge is 2.19. The van der Waals surface area contributed by atoms with E-state index in [1.807, 2.05) is 0 Å². The first-order valence-electron chi connectivity index (χ1n) is 9.19. The molecule has 0 aliphatic rings. The van der Waals surface area contributed by atoms with E-state index >= 15 is 0 Å². The molecule has 34 heavy (non-hydrogen) atoms. The van der Waals surface area contributed by atoms with E-state index in [1.54, 1.807) is 0 Å². The van der Waals surface area contributed by atoms with Crippen LogP contribution in [0.15, 0.2) is 27.0 Å². The summed E-state index contributed by atoms with van der Waals surface area (Å²) < 4.78 is 1.21. The molecule has 0 unspecified atom stereocenters. The topological polar surface area (TPSA) is 272 Å². The molecule has 0 radical (unpaired) electrons. The molecule has 6 rings (SSSR count). The van der Waals surface area contributed by atoms with Crippen molar-refractivity contribution in [3.8, 4) is 12.0 Å². The highest BCUT2D eigenvalue weighted by atomic mass is 16.7. The Morgan fingerprint density at radius 1 is 0.676 bits per heavy atom. The van der Waals surface area contributed by atoms with Crippen LogP contribution in [0.25, 0.3) is 33.5 Å². The SMILES string of the molecule is Nc1nc2nc[nH]c2c(=O)n1Oc1nc2nc(N)n(Oc3nc4nc[nH]c4c(=O)[nH]3)c(=O)c2[nH]1. The van der Waals surface area contributed by atoms with Crippen LogP contribution in [-0.4, -0.2) is 59.3 Å². The number of rotatable bonds is 4. The van der Waals surface area contributed by atoms with Crippen LogP contribution in [0.4, 0.5) is 11.9 Å². The van der Waals surface area contributed by atoms with Gasteiger partial charge in [-0.2, -0.15) is 19.9 Å². The molecule has 0 bridgehead atoms. The molecule has 0 aliphatic carbocycles. The van der Waals surface area contributed by atoms with E-state index in [1.165, 1.54) is 12.7 Å². The maximum Gasteiger partial charge on any atom is 0.326 e. The second-order valence-electron chi connectivity index (χ2n) is 6.64. The van der Waals surface area contributed by atoms with Gasteiger partial charge in [0.05, 0.1) is 12.7 Å². The first-order chi connectivity index (χ1) is 16.4. The Balaban J connectivity index is 1.41. The summed E-state index contributed by atoms with van der Waals surface area (Å²) in [6, 6.07) is -0.690. The molecule has 6 heterocycles. The number of nitrogens with two attached hydrogens (primary N) is 2. The molecule has 0 spiro atoms. The number of nitrogens with zero attached hydrogens (tertiary/aromatic N) is 8. The van der Waals surface area contributed by atoms with Crippen LogP contribution in [0.3, 0.4) is 0 Å². The summed E-state index contributed by atoms with van der Waals surface area (Å²) in [5.41, 5.74) is 9.42. The second-order valence-corrected chi connectivity index (χ2v) is 6.64. The van der Waals surface area contributed by atoms with E-state index < -0.39 is 22.6 Å². The second kappa shape index (κ2) is 6.62. The van der Waals surface area contributed by atoms with E-state index in [4.69, 9.17) is 21.1 Å². The van der Waals surface area contributed by atoms with Gasteiger partial charge in [-0.25, -0.2) is 9.97 Å². The summed E-state index contributed by atoms with van der Waals surface area (Å²) in [6.45, 7) is 0. The van der Waals surface area contributed by atoms with Crippen LogP contribution in [0.2, 0.25) is 0 Å². The van der Waals surface area contributed by atoms with Crippen molar-refractivity contribution in [1.29, 1.82) is 0 Å². The fourth-order valence-electron chi connectivity index (χ4n) is 3.08. The van der Waals surface area contributed by atoms with E-state index in [-0.39, 0.29) is 51.5 Å². The van der Waals surface area contributed by atoms with E-state index in [0.717, 1.165) is 0 Å². The van der Waals surface area contributed by atoms with Crippen molar-refractivity contribution < 1.29 is 9.68 Å². The molecule has 0 saturated heterocycles. The van der Waals surface area contributed by atoms with Crippen molar-refractivity contribution in [3.63, 3.8) is 0 Å². The van der Waals surface area contributed by atoms with Crippen molar-refractivity contribution in [1.82, 2.24) is 59.3 Å². The predicted octanol–water partition coefficient (Wildman–Crippen LogP) is -2.64. The zero-order valence-corrected chi connectivity index (χ0v) is 16.4. The number of aromatic nitrogens is 12. The van der Waals surface area contributed by atoms with Crippen molar-refractivity contribution in [3.05, 3.63) is 43.7 Å². The van der Waals surface area contributed by atoms with E-state index in [9.17, 15) is 14.4 Å². The average molecular weight is 466 g/mol. The largest absolute Gasteiger partial charge is 0.367 e. The Hall–Kier alpha value is -5.75. The van der Waals surface area contributed by atoms with Crippen LogP contribution in [0, 0.1) is 0 Å². The molecule has 170 valence electrons. The first-order valence-corrected chi connectivity index (χ1v) is 9.19. The minimum absolute atomic E-state index is 0.0406. The summed E-state index contributed by atoms with van der Waals surface area (Å²) in [6.07, 6.45) is 2.54. The van der Waals surface area contributed by atoms with E-state index in [0.29, 0.717) is 9.46 Å².